The Kier molecular flexibility index (Phi) is 5.63. The summed E-state index contributed by atoms with van der Waals surface area (Å²) >= 11 is 0. The van der Waals surface area contributed by atoms with Gasteiger partial charge in [0.05, 0.1) is 12.6 Å². The Hall–Kier alpha value is -1.96. The number of hydrogen-bond donors (Lipinski definition) is 3. The summed E-state index contributed by atoms with van der Waals surface area (Å²) in [4.78, 5) is 11.4. The van der Waals surface area contributed by atoms with Crippen LogP contribution in [0.2, 0.25) is 0 Å². The summed E-state index contributed by atoms with van der Waals surface area (Å²) in [7, 11) is 0. The number of urea groups is 1. The van der Waals surface area contributed by atoms with E-state index >= 15 is 0 Å². The van der Waals surface area contributed by atoms with Crippen molar-refractivity contribution in [3.8, 4) is 5.75 Å². The normalized spacial score (nSPS) is 12.7. The number of halogens is 3. The van der Waals surface area contributed by atoms with Gasteiger partial charge in [0.25, 0.3) is 0 Å². The fraction of sp³-hybridized carbons (Fsp3) is 0.417. The minimum Gasteiger partial charge on any atom is -0.484 e. The number of rotatable bonds is 5. The molecule has 0 bridgehead atoms. The van der Waals surface area contributed by atoms with Crippen molar-refractivity contribution < 1.29 is 27.8 Å². The van der Waals surface area contributed by atoms with Crippen molar-refractivity contribution in [2.75, 3.05) is 18.5 Å². The molecule has 0 saturated carbocycles. The van der Waals surface area contributed by atoms with E-state index in [4.69, 9.17) is 5.11 Å². The van der Waals surface area contributed by atoms with Crippen molar-refractivity contribution in [1.82, 2.24) is 5.32 Å². The number of amides is 2. The fourth-order valence-electron chi connectivity index (χ4n) is 1.24. The van der Waals surface area contributed by atoms with Gasteiger partial charge in [-0.3, -0.25) is 0 Å². The average molecular weight is 292 g/mol. The van der Waals surface area contributed by atoms with E-state index in [-0.39, 0.29) is 12.4 Å². The number of carbonyl (C=O) groups excluding carboxylic acids is 1. The van der Waals surface area contributed by atoms with Crippen molar-refractivity contribution >= 4 is 11.7 Å². The second-order valence-corrected chi connectivity index (χ2v) is 4.11. The number of anilines is 1. The molecule has 2 amide bonds. The number of ether oxygens (including phenoxy) is 1. The highest BCUT2D eigenvalue weighted by Gasteiger charge is 2.28. The third kappa shape index (κ3) is 6.28. The molecule has 20 heavy (non-hydrogen) atoms. The van der Waals surface area contributed by atoms with Gasteiger partial charge in [0.15, 0.2) is 6.61 Å². The predicted molar refractivity (Wildman–Crippen MR) is 66.7 cm³/mol. The summed E-state index contributed by atoms with van der Waals surface area (Å²) in [5.74, 6) is 0.0528. The first-order valence-electron chi connectivity index (χ1n) is 5.78. The molecule has 5 nitrogen and oxygen atoms in total. The van der Waals surface area contributed by atoms with Gasteiger partial charge in [0.2, 0.25) is 0 Å². The maximum Gasteiger partial charge on any atom is 0.422 e. The van der Waals surface area contributed by atoms with Crippen LogP contribution in [0.3, 0.4) is 0 Å². The molecular formula is C12H15F3N2O3. The molecule has 0 aliphatic rings. The van der Waals surface area contributed by atoms with Crippen LogP contribution in [-0.4, -0.2) is 36.6 Å². The second kappa shape index (κ2) is 6.99. The summed E-state index contributed by atoms with van der Waals surface area (Å²) in [5.41, 5.74) is 0.395. The number of aliphatic hydroxyl groups excluding tert-OH is 1. The Morgan fingerprint density at radius 3 is 2.45 bits per heavy atom. The monoisotopic (exact) mass is 292 g/mol. The SMILES string of the molecule is CC(CO)NC(=O)Nc1ccc(OCC(F)(F)F)cc1. The second-order valence-electron chi connectivity index (χ2n) is 4.11. The Morgan fingerprint density at radius 1 is 1.35 bits per heavy atom. The summed E-state index contributed by atoms with van der Waals surface area (Å²) in [5, 5.41) is 13.7. The van der Waals surface area contributed by atoms with Crippen LogP contribution in [0.4, 0.5) is 23.7 Å². The molecule has 112 valence electrons. The Labute approximate surface area is 113 Å². The molecule has 0 fully saturated rings. The number of hydrogen-bond acceptors (Lipinski definition) is 3. The van der Waals surface area contributed by atoms with Crippen LogP contribution < -0.4 is 15.4 Å². The molecule has 0 heterocycles. The third-order valence-corrected chi connectivity index (χ3v) is 2.17. The largest absolute Gasteiger partial charge is 0.484 e. The number of carbonyl (C=O) groups is 1. The van der Waals surface area contributed by atoms with E-state index in [0.29, 0.717) is 5.69 Å². The minimum atomic E-state index is -4.39. The minimum absolute atomic E-state index is 0.0528. The quantitative estimate of drug-likeness (QED) is 0.778. The van der Waals surface area contributed by atoms with Gasteiger partial charge < -0.3 is 20.5 Å². The van der Waals surface area contributed by atoms with E-state index in [1.165, 1.54) is 24.3 Å². The molecule has 1 rings (SSSR count). The Balaban J connectivity index is 2.48. The highest BCUT2D eigenvalue weighted by Crippen LogP contribution is 2.20. The van der Waals surface area contributed by atoms with E-state index in [9.17, 15) is 18.0 Å². The van der Waals surface area contributed by atoms with E-state index < -0.39 is 24.9 Å². The van der Waals surface area contributed by atoms with Crippen LogP contribution in [0.25, 0.3) is 0 Å². The molecule has 1 atom stereocenters. The topological polar surface area (TPSA) is 70.6 Å². The van der Waals surface area contributed by atoms with Crippen LogP contribution in [-0.2, 0) is 0 Å². The number of aliphatic hydroxyl groups is 1. The molecule has 0 spiro atoms. The molecule has 8 heteroatoms. The molecule has 1 aromatic carbocycles. The standard InChI is InChI=1S/C12H15F3N2O3/c1-8(6-18)16-11(19)17-9-2-4-10(5-3-9)20-7-12(13,14)15/h2-5,8,18H,6-7H2,1H3,(H2,16,17,19). The van der Waals surface area contributed by atoms with Gasteiger partial charge in [0, 0.05) is 5.69 Å². The molecule has 1 unspecified atom stereocenters. The van der Waals surface area contributed by atoms with Crippen molar-refractivity contribution in [3.63, 3.8) is 0 Å². The first-order valence-corrected chi connectivity index (χ1v) is 5.78. The van der Waals surface area contributed by atoms with E-state index in [1.54, 1.807) is 6.92 Å². The zero-order valence-corrected chi connectivity index (χ0v) is 10.7. The average Bonchev–Trinajstić information content (AvgIpc) is 2.36. The first kappa shape index (κ1) is 16.1. The smallest absolute Gasteiger partial charge is 0.422 e. The maximum absolute atomic E-state index is 11.9. The van der Waals surface area contributed by atoms with Crippen LogP contribution in [0.5, 0.6) is 5.75 Å². The van der Waals surface area contributed by atoms with Gasteiger partial charge in [-0.2, -0.15) is 13.2 Å². The summed E-state index contributed by atoms with van der Waals surface area (Å²) < 4.78 is 40.3. The molecule has 0 radical (unpaired) electrons. The van der Waals surface area contributed by atoms with Crippen molar-refractivity contribution in [2.24, 2.45) is 0 Å². The van der Waals surface area contributed by atoms with Gasteiger partial charge in [0.1, 0.15) is 5.75 Å². The van der Waals surface area contributed by atoms with Crippen LogP contribution >= 0.6 is 0 Å². The van der Waals surface area contributed by atoms with Gasteiger partial charge in [-0.25, -0.2) is 4.79 Å². The number of alkyl halides is 3. The van der Waals surface area contributed by atoms with E-state index in [1.807, 2.05) is 0 Å². The van der Waals surface area contributed by atoms with Gasteiger partial charge >= 0.3 is 12.2 Å². The Morgan fingerprint density at radius 2 is 1.95 bits per heavy atom. The van der Waals surface area contributed by atoms with Gasteiger partial charge in [-0.1, -0.05) is 0 Å². The highest BCUT2D eigenvalue weighted by atomic mass is 19.4. The zero-order valence-electron chi connectivity index (χ0n) is 10.7. The van der Waals surface area contributed by atoms with Gasteiger partial charge in [-0.05, 0) is 31.2 Å². The molecular weight excluding hydrogens is 277 g/mol. The summed E-state index contributed by atoms with van der Waals surface area (Å²) in [6.07, 6.45) is -4.39. The molecule has 3 N–H and O–H groups in total. The lowest BCUT2D eigenvalue weighted by Gasteiger charge is -2.12. The maximum atomic E-state index is 11.9. The van der Waals surface area contributed by atoms with Crippen LogP contribution in [0.15, 0.2) is 24.3 Å². The highest BCUT2D eigenvalue weighted by molar-refractivity contribution is 5.89. The Bertz CT molecular complexity index is 435. The first-order chi connectivity index (χ1) is 9.30. The lowest BCUT2D eigenvalue weighted by molar-refractivity contribution is -0.153. The van der Waals surface area contributed by atoms with Crippen molar-refractivity contribution in [1.29, 1.82) is 0 Å². The molecule has 1 aromatic rings. The van der Waals surface area contributed by atoms with Crippen LogP contribution in [0, 0.1) is 0 Å². The van der Waals surface area contributed by atoms with Crippen molar-refractivity contribution in [2.45, 2.75) is 19.1 Å². The molecule has 0 aliphatic carbocycles. The number of nitrogens with one attached hydrogen (secondary N) is 2. The molecule has 0 aromatic heterocycles. The van der Waals surface area contributed by atoms with E-state index in [0.717, 1.165) is 0 Å². The zero-order chi connectivity index (χ0) is 15.2. The van der Waals surface area contributed by atoms with Crippen LogP contribution in [0.1, 0.15) is 6.92 Å². The molecule has 0 aliphatic heterocycles. The van der Waals surface area contributed by atoms with Crippen molar-refractivity contribution in [3.05, 3.63) is 24.3 Å². The molecule has 0 saturated heterocycles. The lowest BCUT2D eigenvalue weighted by Crippen LogP contribution is -2.38. The fourth-order valence-corrected chi connectivity index (χ4v) is 1.24. The lowest BCUT2D eigenvalue weighted by atomic mass is 10.3. The summed E-state index contributed by atoms with van der Waals surface area (Å²) in [6, 6.07) is 4.54. The third-order valence-electron chi connectivity index (χ3n) is 2.17. The summed E-state index contributed by atoms with van der Waals surface area (Å²) in [6.45, 7) is 0.0551. The number of benzene rings is 1. The van der Waals surface area contributed by atoms with E-state index in [2.05, 4.69) is 15.4 Å². The van der Waals surface area contributed by atoms with Gasteiger partial charge in [-0.15, -0.1) is 0 Å². The predicted octanol–water partition coefficient (Wildman–Crippen LogP) is 2.13.